The lowest BCUT2D eigenvalue weighted by molar-refractivity contribution is 1.49. The Balaban J connectivity index is 3.17. The molecule has 2 heteroatoms. The van der Waals surface area contributed by atoms with E-state index in [1.807, 2.05) is 0 Å². The van der Waals surface area contributed by atoms with Gasteiger partial charge in [0, 0.05) is 19.5 Å². The Morgan fingerprint density at radius 1 is 1.50 bits per heavy atom. The van der Waals surface area contributed by atoms with E-state index >= 15 is 0 Å². The fourth-order valence-electron chi connectivity index (χ4n) is 0. The first-order chi connectivity index (χ1) is 2.56. The van der Waals surface area contributed by atoms with Crippen molar-refractivity contribution < 1.29 is 0 Å². The van der Waals surface area contributed by atoms with Crippen molar-refractivity contribution in [2.24, 2.45) is 0 Å². The molecule has 0 rings (SSSR count). The van der Waals surface area contributed by atoms with E-state index in [4.69, 9.17) is 7.57 Å². The zero-order chi connectivity index (χ0) is 5.21. The molecule has 0 spiro atoms. The van der Waals surface area contributed by atoms with Crippen LogP contribution in [0, 0.1) is 0 Å². The van der Waals surface area contributed by atoms with Crippen LogP contribution in [0.1, 0.15) is 6.92 Å². The second-order valence-electron chi connectivity index (χ2n) is 2.09. The van der Waals surface area contributed by atoms with Crippen LogP contribution in [0.3, 0.4) is 0 Å². The smallest absolute Gasteiger partial charge is 0.0465 e. The first-order valence-corrected chi connectivity index (χ1v) is 5.11. The van der Waals surface area contributed by atoms with Gasteiger partial charge in [-0.2, -0.15) is 0 Å². The maximum absolute atomic E-state index is 5.65. The Morgan fingerprint density at radius 2 is 1.67 bits per heavy atom. The Morgan fingerprint density at radius 3 is 1.67 bits per heavy atom. The van der Waals surface area contributed by atoms with Crippen LogP contribution in [0.2, 0.25) is 0 Å². The van der Waals surface area contributed by atoms with Gasteiger partial charge in [0.05, 0.1) is 0 Å². The molecule has 0 atom stereocenters. The fourth-order valence-corrected chi connectivity index (χ4v) is 0. The van der Waals surface area contributed by atoms with E-state index in [9.17, 15) is 0 Å². The van der Waals surface area contributed by atoms with Gasteiger partial charge in [0.1, 0.15) is 0 Å². The molecule has 0 aliphatic heterocycles. The lowest BCUT2D eigenvalue weighted by Gasteiger charge is -2.05. The highest BCUT2D eigenvalue weighted by atomic mass is 31.2. The molecular formula is C4H11BP+. The number of hydrogen-bond donors (Lipinski definition) is 0. The molecule has 34 valence electrons. The molecule has 0 aliphatic rings. The van der Waals surface area contributed by atoms with Gasteiger partial charge in [-0.25, -0.2) is 0 Å². The average Bonchev–Trinajstić information content (AvgIpc) is 1.35. The molecule has 0 N–H and O–H groups in total. The Kier molecular flexibility index (Phi) is 2.14. The summed E-state index contributed by atoms with van der Waals surface area (Å²) in [5.74, 6) is 0. The van der Waals surface area contributed by atoms with Crippen LogP contribution in [-0.4, -0.2) is 27.1 Å². The maximum atomic E-state index is 5.65. The predicted octanol–water partition coefficient (Wildman–Crippen LogP) is 1.37. The minimum atomic E-state index is -0.897. The largest absolute Gasteiger partial charge is 0.364 e. The third-order valence-corrected chi connectivity index (χ3v) is 2.45. The van der Waals surface area contributed by atoms with Gasteiger partial charge >= 0.3 is 7.57 Å². The molecule has 0 aromatic heterocycles. The molecular weight excluding hydrogens is 89.8 g/mol. The van der Waals surface area contributed by atoms with E-state index in [-0.39, 0.29) is 0 Å². The van der Waals surface area contributed by atoms with Gasteiger partial charge in [0.15, 0.2) is 0 Å². The van der Waals surface area contributed by atoms with Crippen LogP contribution in [0.15, 0.2) is 0 Å². The quantitative estimate of drug-likeness (QED) is 0.345. The van der Waals surface area contributed by atoms with Crippen molar-refractivity contribution in [1.82, 2.24) is 0 Å². The zero-order valence-electron chi connectivity index (χ0n) is 4.73. The molecule has 0 saturated carbocycles. The standard InChI is InChI=1S/C4H11BP/c1-4-6(2,3)5/h4H2,1-3H3/q+1. The molecule has 0 amide bonds. The normalized spacial score (nSPS) is 11.8. The van der Waals surface area contributed by atoms with Crippen LogP contribution in [0.5, 0.6) is 0 Å². The molecule has 2 radical (unpaired) electrons. The summed E-state index contributed by atoms with van der Waals surface area (Å²) in [6, 6.07) is 0. The van der Waals surface area contributed by atoms with E-state index in [2.05, 4.69) is 20.3 Å². The van der Waals surface area contributed by atoms with E-state index < -0.39 is 7.14 Å². The van der Waals surface area contributed by atoms with Crippen LogP contribution in [-0.2, 0) is 0 Å². The van der Waals surface area contributed by atoms with E-state index in [0.29, 0.717) is 0 Å². The summed E-state index contributed by atoms with van der Waals surface area (Å²) in [5.41, 5.74) is 0. The highest BCUT2D eigenvalue weighted by Gasteiger charge is 2.11. The first-order valence-electron chi connectivity index (χ1n) is 2.18. The molecule has 0 heterocycles. The van der Waals surface area contributed by atoms with Crippen LogP contribution in [0.4, 0.5) is 0 Å². The van der Waals surface area contributed by atoms with Crippen molar-refractivity contribution in [3.8, 4) is 0 Å². The second-order valence-corrected chi connectivity index (χ2v) is 6.28. The topological polar surface area (TPSA) is 0 Å². The molecule has 0 unspecified atom stereocenters. The summed E-state index contributed by atoms with van der Waals surface area (Å²) in [7, 11) is 4.75. The first kappa shape index (κ1) is 6.49. The van der Waals surface area contributed by atoms with Crippen LogP contribution >= 0.6 is 7.14 Å². The molecule has 0 fully saturated rings. The van der Waals surface area contributed by atoms with Crippen molar-refractivity contribution in [3.05, 3.63) is 0 Å². The van der Waals surface area contributed by atoms with Crippen LogP contribution < -0.4 is 0 Å². The van der Waals surface area contributed by atoms with Gasteiger partial charge in [-0.05, 0) is 14.1 Å². The molecule has 0 aromatic rings. The average molecular weight is 101 g/mol. The minimum Gasteiger partial charge on any atom is -0.0465 e. The van der Waals surface area contributed by atoms with Gasteiger partial charge in [-0.1, -0.05) is 0 Å². The maximum Gasteiger partial charge on any atom is 0.364 e. The second kappa shape index (κ2) is 1.98. The summed E-state index contributed by atoms with van der Waals surface area (Å²) in [5, 5.41) is 0. The third-order valence-electron chi connectivity index (χ3n) is 0.815. The predicted molar refractivity (Wildman–Crippen MR) is 35.1 cm³/mol. The molecule has 6 heavy (non-hydrogen) atoms. The SMILES string of the molecule is [B][P+](C)(C)CC. The monoisotopic (exact) mass is 101 g/mol. The Labute approximate surface area is 42.0 Å². The minimum absolute atomic E-state index is 0.897. The molecule has 0 bridgehead atoms. The van der Waals surface area contributed by atoms with Gasteiger partial charge < -0.3 is 0 Å². The number of rotatable bonds is 1. The summed E-state index contributed by atoms with van der Waals surface area (Å²) in [4.78, 5) is 0. The van der Waals surface area contributed by atoms with Crippen molar-refractivity contribution in [2.45, 2.75) is 6.92 Å². The highest BCUT2D eigenvalue weighted by molar-refractivity contribution is 7.96. The highest BCUT2D eigenvalue weighted by Crippen LogP contribution is 2.43. The fraction of sp³-hybridized carbons (Fsp3) is 1.00. The van der Waals surface area contributed by atoms with E-state index in [1.165, 1.54) is 0 Å². The van der Waals surface area contributed by atoms with Crippen LogP contribution in [0.25, 0.3) is 0 Å². The lowest BCUT2D eigenvalue weighted by Crippen LogP contribution is -1.87. The Hall–Kier alpha value is 0.495. The lowest BCUT2D eigenvalue weighted by atomic mass is 10.8. The third kappa shape index (κ3) is 4.49. The van der Waals surface area contributed by atoms with Gasteiger partial charge in [0.25, 0.3) is 0 Å². The van der Waals surface area contributed by atoms with Crippen molar-refractivity contribution in [3.63, 3.8) is 0 Å². The molecule has 0 saturated heterocycles. The zero-order valence-corrected chi connectivity index (χ0v) is 5.63. The van der Waals surface area contributed by atoms with Crippen molar-refractivity contribution in [2.75, 3.05) is 19.5 Å². The van der Waals surface area contributed by atoms with Gasteiger partial charge in [-0.3, -0.25) is 0 Å². The summed E-state index contributed by atoms with van der Waals surface area (Å²) >= 11 is 0. The number of hydrogen-bond acceptors (Lipinski definition) is 0. The molecule has 0 aromatic carbocycles. The Bertz CT molecular complexity index is 37.3. The van der Waals surface area contributed by atoms with Gasteiger partial charge in [-0.15, -0.1) is 0 Å². The summed E-state index contributed by atoms with van der Waals surface area (Å²) < 4.78 is 0. The molecule has 0 nitrogen and oxygen atoms in total. The summed E-state index contributed by atoms with van der Waals surface area (Å²) in [6.07, 6.45) is 1.16. The van der Waals surface area contributed by atoms with Gasteiger partial charge in [0.2, 0.25) is 0 Å². The van der Waals surface area contributed by atoms with E-state index in [1.54, 1.807) is 0 Å². The molecule has 0 aliphatic carbocycles. The van der Waals surface area contributed by atoms with Crippen molar-refractivity contribution in [1.29, 1.82) is 0 Å². The van der Waals surface area contributed by atoms with Crippen molar-refractivity contribution >= 4 is 14.7 Å². The summed E-state index contributed by atoms with van der Waals surface area (Å²) in [6.45, 7) is 6.40. The van der Waals surface area contributed by atoms with E-state index in [0.717, 1.165) is 6.16 Å².